The van der Waals surface area contributed by atoms with E-state index in [4.69, 9.17) is 14.5 Å². The summed E-state index contributed by atoms with van der Waals surface area (Å²) in [4.78, 5) is 11.8. The Morgan fingerprint density at radius 2 is 1.78 bits per heavy atom. The van der Waals surface area contributed by atoms with Crippen LogP contribution in [0.2, 0.25) is 0 Å². The van der Waals surface area contributed by atoms with Gasteiger partial charge in [-0.15, -0.1) is 0 Å². The molecule has 4 heterocycles. The zero-order valence-corrected chi connectivity index (χ0v) is 18.6. The third-order valence-electron chi connectivity index (χ3n) is 6.57. The molecule has 0 amide bonds. The highest BCUT2D eigenvalue weighted by Crippen LogP contribution is 2.25. The fraction of sp³-hybridized carbons (Fsp3) is 0.542. The largest absolute Gasteiger partial charge is 0.378 e. The molecule has 0 radical (unpaired) electrons. The van der Waals surface area contributed by atoms with Gasteiger partial charge in [0.1, 0.15) is 23.8 Å². The molecular formula is C24H32FN5O2. The molecule has 2 atom stereocenters. The van der Waals surface area contributed by atoms with Gasteiger partial charge in [0.2, 0.25) is 0 Å². The predicted octanol–water partition coefficient (Wildman–Crippen LogP) is 2.05. The summed E-state index contributed by atoms with van der Waals surface area (Å²) in [7, 11) is 2.18. The molecule has 1 aromatic carbocycles. The number of anilines is 2. The van der Waals surface area contributed by atoms with Crippen molar-refractivity contribution >= 4 is 11.5 Å². The number of hydrogen-bond donors (Lipinski definition) is 1. The van der Waals surface area contributed by atoms with E-state index in [9.17, 15) is 4.39 Å². The van der Waals surface area contributed by atoms with Gasteiger partial charge in [-0.25, -0.2) is 9.37 Å². The fourth-order valence-electron chi connectivity index (χ4n) is 4.64. The number of hydrogen-bond acceptors (Lipinski definition) is 7. The molecule has 1 N–H and O–H groups in total. The third-order valence-corrected chi connectivity index (χ3v) is 6.57. The van der Waals surface area contributed by atoms with Gasteiger partial charge in [0.15, 0.2) is 0 Å². The molecule has 172 valence electrons. The number of benzene rings is 1. The highest BCUT2D eigenvalue weighted by molar-refractivity contribution is 5.44. The second kappa shape index (κ2) is 9.70. The fourth-order valence-corrected chi connectivity index (χ4v) is 4.64. The van der Waals surface area contributed by atoms with Crippen molar-refractivity contribution in [2.75, 3.05) is 69.7 Å². The summed E-state index contributed by atoms with van der Waals surface area (Å²) in [5, 5.41) is 3.31. The number of piperazine rings is 1. The van der Waals surface area contributed by atoms with Crippen LogP contribution in [-0.4, -0.2) is 92.6 Å². The lowest BCUT2D eigenvalue weighted by Crippen LogP contribution is -2.43. The first-order valence-electron chi connectivity index (χ1n) is 11.5. The summed E-state index contributed by atoms with van der Waals surface area (Å²) in [6, 6.07) is 10.8. The maximum atomic E-state index is 13.4. The topological polar surface area (TPSA) is 53.1 Å². The number of rotatable bonds is 5. The van der Waals surface area contributed by atoms with Crippen LogP contribution in [0.1, 0.15) is 5.56 Å². The number of nitrogens with one attached hydrogen (secondary N) is 1. The second-order valence-corrected chi connectivity index (χ2v) is 9.10. The molecule has 0 saturated carbocycles. The maximum absolute atomic E-state index is 13.4. The third kappa shape index (κ3) is 5.20. The summed E-state index contributed by atoms with van der Waals surface area (Å²) in [6.07, 6.45) is 2.03. The van der Waals surface area contributed by atoms with E-state index in [1.165, 1.54) is 17.7 Å². The number of halogens is 1. The van der Waals surface area contributed by atoms with Crippen molar-refractivity contribution in [2.24, 2.45) is 0 Å². The van der Waals surface area contributed by atoms with Crippen molar-refractivity contribution in [1.82, 2.24) is 14.8 Å². The summed E-state index contributed by atoms with van der Waals surface area (Å²) >= 11 is 0. The molecule has 32 heavy (non-hydrogen) atoms. The van der Waals surface area contributed by atoms with Crippen LogP contribution in [0.25, 0.3) is 0 Å². The van der Waals surface area contributed by atoms with Crippen LogP contribution < -0.4 is 10.2 Å². The normalized spacial score (nSPS) is 25.5. The van der Waals surface area contributed by atoms with Crippen LogP contribution >= 0.6 is 0 Å². The second-order valence-electron chi connectivity index (χ2n) is 9.10. The zero-order chi connectivity index (χ0) is 21.9. The van der Waals surface area contributed by atoms with Gasteiger partial charge in [0, 0.05) is 57.7 Å². The molecule has 0 unspecified atom stereocenters. The van der Waals surface area contributed by atoms with Crippen LogP contribution in [0.15, 0.2) is 42.6 Å². The predicted molar refractivity (Wildman–Crippen MR) is 123 cm³/mol. The number of pyridine rings is 1. The van der Waals surface area contributed by atoms with Gasteiger partial charge in [-0.3, -0.25) is 4.90 Å². The molecule has 3 fully saturated rings. The Kier molecular flexibility index (Phi) is 6.54. The quantitative estimate of drug-likeness (QED) is 0.762. The molecule has 2 aromatic rings. The van der Waals surface area contributed by atoms with E-state index in [0.29, 0.717) is 13.2 Å². The maximum Gasteiger partial charge on any atom is 0.128 e. The standard InChI is InChI=1S/C24H32FN5O2/c1-28-7-9-29(10-8-28)13-18-5-6-24(26-12-18)30-14-22-23(15-30)32-17-21(16-31-22)27-20-4-2-3-19(25)11-20/h2-6,11-12,21-23,27H,7-10,13-17H2,1H3/t22-,23-/m0/s1. The van der Waals surface area contributed by atoms with Gasteiger partial charge in [-0.05, 0) is 36.9 Å². The summed E-state index contributed by atoms with van der Waals surface area (Å²) in [5.41, 5.74) is 2.00. The summed E-state index contributed by atoms with van der Waals surface area (Å²) < 4.78 is 25.8. The van der Waals surface area contributed by atoms with Gasteiger partial charge < -0.3 is 24.6 Å². The van der Waals surface area contributed by atoms with Gasteiger partial charge in [0.25, 0.3) is 0 Å². The van der Waals surface area contributed by atoms with E-state index >= 15 is 0 Å². The first kappa shape index (κ1) is 21.6. The van der Waals surface area contributed by atoms with Crippen molar-refractivity contribution in [3.63, 3.8) is 0 Å². The minimum Gasteiger partial charge on any atom is -0.378 e. The monoisotopic (exact) mass is 441 g/mol. The van der Waals surface area contributed by atoms with Gasteiger partial charge >= 0.3 is 0 Å². The van der Waals surface area contributed by atoms with Crippen LogP contribution in [0.4, 0.5) is 15.9 Å². The molecule has 7 nitrogen and oxygen atoms in total. The van der Waals surface area contributed by atoms with E-state index in [0.717, 1.165) is 57.3 Å². The van der Waals surface area contributed by atoms with Crippen LogP contribution in [-0.2, 0) is 16.0 Å². The highest BCUT2D eigenvalue weighted by atomic mass is 19.1. The Bertz CT molecular complexity index is 874. The molecule has 8 heteroatoms. The number of aromatic nitrogens is 1. The van der Waals surface area contributed by atoms with Crippen LogP contribution in [0.5, 0.6) is 0 Å². The van der Waals surface area contributed by atoms with Gasteiger partial charge in [-0.1, -0.05) is 12.1 Å². The number of ether oxygens (including phenoxy) is 2. The molecule has 0 aliphatic carbocycles. The van der Waals surface area contributed by atoms with E-state index < -0.39 is 0 Å². The Hall–Kier alpha value is -2.26. The average Bonchev–Trinajstić information content (AvgIpc) is 3.12. The molecule has 5 rings (SSSR count). The van der Waals surface area contributed by atoms with Crippen LogP contribution in [0.3, 0.4) is 0 Å². The molecule has 3 saturated heterocycles. The molecular weight excluding hydrogens is 409 g/mol. The molecule has 0 spiro atoms. The minimum atomic E-state index is -0.250. The lowest BCUT2D eigenvalue weighted by atomic mass is 10.2. The van der Waals surface area contributed by atoms with Gasteiger partial charge in [0.05, 0.1) is 19.3 Å². The lowest BCUT2D eigenvalue weighted by molar-refractivity contribution is -0.00461. The van der Waals surface area contributed by atoms with E-state index in [-0.39, 0.29) is 24.1 Å². The van der Waals surface area contributed by atoms with Crippen LogP contribution in [0, 0.1) is 5.82 Å². The summed E-state index contributed by atoms with van der Waals surface area (Å²) in [5.74, 6) is 0.724. The van der Waals surface area contributed by atoms with Crippen molar-refractivity contribution in [3.05, 3.63) is 54.0 Å². The molecule has 3 aliphatic rings. The van der Waals surface area contributed by atoms with Crippen molar-refractivity contribution in [1.29, 1.82) is 0 Å². The van der Waals surface area contributed by atoms with E-state index in [1.54, 1.807) is 6.07 Å². The molecule has 1 aromatic heterocycles. The SMILES string of the molecule is CN1CCN(Cc2ccc(N3C[C@@H]4OCC(Nc5cccc(F)c5)CO[C@H]4C3)nc2)CC1. The van der Waals surface area contributed by atoms with Crippen molar-refractivity contribution in [2.45, 2.75) is 24.8 Å². The first-order chi connectivity index (χ1) is 15.6. The number of likely N-dealkylation sites (N-methyl/N-ethyl adjacent to an activating group) is 1. The average molecular weight is 442 g/mol. The van der Waals surface area contributed by atoms with Crippen molar-refractivity contribution in [3.8, 4) is 0 Å². The van der Waals surface area contributed by atoms with E-state index in [1.807, 2.05) is 12.3 Å². The Labute approximate surface area is 189 Å². The number of fused-ring (bicyclic) bond motifs is 1. The summed E-state index contributed by atoms with van der Waals surface area (Å²) in [6.45, 7) is 8.02. The van der Waals surface area contributed by atoms with Crippen molar-refractivity contribution < 1.29 is 13.9 Å². The van der Waals surface area contributed by atoms with Gasteiger partial charge in [-0.2, -0.15) is 0 Å². The number of nitrogens with zero attached hydrogens (tertiary/aromatic N) is 4. The highest BCUT2D eigenvalue weighted by Gasteiger charge is 2.38. The van der Waals surface area contributed by atoms with E-state index in [2.05, 4.69) is 39.2 Å². The Morgan fingerprint density at radius 3 is 2.44 bits per heavy atom. The Balaban J connectivity index is 1.12. The smallest absolute Gasteiger partial charge is 0.128 e. The zero-order valence-electron chi connectivity index (χ0n) is 18.6. The minimum absolute atomic E-state index is 0.00262. The molecule has 3 aliphatic heterocycles. The molecule has 0 bridgehead atoms. The Morgan fingerprint density at radius 1 is 1.03 bits per heavy atom. The lowest BCUT2D eigenvalue weighted by Gasteiger charge is -2.32. The first-order valence-corrected chi connectivity index (χ1v) is 11.5.